The summed E-state index contributed by atoms with van der Waals surface area (Å²) in [5, 5.41) is 9.83. The maximum atomic E-state index is 6.29. The third-order valence-electron chi connectivity index (χ3n) is 19.1. The van der Waals surface area contributed by atoms with E-state index in [2.05, 4.69) is 248 Å². The third kappa shape index (κ3) is 5.96. The maximum absolute atomic E-state index is 6.29. The fourth-order valence-corrected chi connectivity index (χ4v) is 15.0. The number of rotatable bonds is 4. The lowest BCUT2D eigenvalue weighted by molar-refractivity contribution is 0.649. The van der Waals surface area contributed by atoms with Crippen LogP contribution in [0.1, 0.15) is 74.9 Å². The molecule has 17 rings (SSSR count). The van der Waals surface area contributed by atoms with Crippen LogP contribution in [0.4, 0.5) is 0 Å². The Morgan fingerprint density at radius 1 is 0.228 bits per heavy atom. The Morgan fingerprint density at radius 2 is 0.519 bits per heavy atom. The standard InChI is InChI=1S/C77H54O2/c1-75(2)61-41-59-63(76(3,4)65-37-55(49-17-7-9-19-51(49)71(59)65)45-33-29-43(30-34-45)47-23-15-27-69-73(47)53-21-11-13-25-67(53)78-69)39-57(61)58-40-64-60(42-62(58)75)72-52-20-10-8-18-50(52)56(38-66(72)77(64,5)6)46-35-31-44(32-36-46)48-24-16-28-70-74(48)54-22-12-14-26-68(54)79-70/h7-42H,1-6H3. The Balaban J connectivity index is 0.760. The average molecular weight is 1010 g/mol. The predicted molar refractivity (Wildman–Crippen MR) is 330 cm³/mol. The summed E-state index contributed by atoms with van der Waals surface area (Å²) < 4.78 is 12.6. The topological polar surface area (TPSA) is 26.3 Å². The molecule has 12 aromatic carbocycles. The van der Waals surface area contributed by atoms with Crippen LogP contribution in [-0.2, 0) is 16.2 Å². The Morgan fingerprint density at radius 3 is 0.924 bits per heavy atom. The Kier molecular flexibility index (Phi) is 8.79. The van der Waals surface area contributed by atoms with E-state index in [0.717, 1.165) is 33.1 Å². The van der Waals surface area contributed by atoms with Gasteiger partial charge in [-0.05, 0) is 193 Å². The summed E-state index contributed by atoms with van der Waals surface area (Å²) in [5.74, 6) is 0. The van der Waals surface area contributed by atoms with E-state index in [1.807, 2.05) is 12.1 Å². The molecule has 0 atom stereocenters. The summed E-state index contributed by atoms with van der Waals surface area (Å²) >= 11 is 0. The first-order valence-electron chi connectivity index (χ1n) is 28.0. The van der Waals surface area contributed by atoms with E-state index in [1.54, 1.807) is 0 Å². The van der Waals surface area contributed by atoms with Crippen LogP contribution in [0.3, 0.4) is 0 Å². The monoisotopic (exact) mass is 1010 g/mol. The van der Waals surface area contributed by atoms with Gasteiger partial charge in [0.05, 0.1) is 0 Å². The van der Waals surface area contributed by atoms with Gasteiger partial charge in [-0.15, -0.1) is 0 Å². The zero-order valence-corrected chi connectivity index (χ0v) is 45.1. The van der Waals surface area contributed by atoms with Gasteiger partial charge < -0.3 is 8.83 Å². The minimum atomic E-state index is -0.232. The Hall–Kier alpha value is -9.24. The second-order valence-electron chi connectivity index (χ2n) is 24.3. The highest BCUT2D eigenvalue weighted by atomic mass is 16.3. The lowest BCUT2D eigenvalue weighted by Crippen LogP contribution is -2.17. The van der Waals surface area contributed by atoms with Crippen molar-refractivity contribution in [2.75, 3.05) is 0 Å². The van der Waals surface area contributed by atoms with Gasteiger partial charge in [-0.25, -0.2) is 0 Å². The minimum absolute atomic E-state index is 0.219. The van der Waals surface area contributed by atoms with Gasteiger partial charge in [-0.2, -0.15) is 0 Å². The van der Waals surface area contributed by atoms with Crippen LogP contribution < -0.4 is 0 Å². The zero-order chi connectivity index (χ0) is 52.8. The zero-order valence-electron chi connectivity index (χ0n) is 45.1. The van der Waals surface area contributed by atoms with Gasteiger partial charge in [0.2, 0.25) is 0 Å². The molecule has 0 aliphatic heterocycles. The van der Waals surface area contributed by atoms with Crippen molar-refractivity contribution < 1.29 is 8.83 Å². The molecule has 0 radical (unpaired) electrons. The highest BCUT2D eigenvalue weighted by molar-refractivity contribution is 6.15. The molecule has 0 spiro atoms. The summed E-state index contributed by atoms with van der Waals surface area (Å²) in [5.41, 5.74) is 29.4. The van der Waals surface area contributed by atoms with E-state index in [9.17, 15) is 0 Å². The minimum Gasteiger partial charge on any atom is -0.456 e. The number of furan rings is 2. The van der Waals surface area contributed by atoms with Gasteiger partial charge >= 0.3 is 0 Å². The molecule has 2 heterocycles. The summed E-state index contributed by atoms with van der Waals surface area (Å²) in [7, 11) is 0. The molecule has 2 aromatic heterocycles. The molecule has 79 heavy (non-hydrogen) atoms. The summed E-state index contributed by atoms with van der Waals surface area (Å²) in [4.78, 5) is 0. The van der Waals surface area contributed by atoms with Crippen molar-refractivity contribution in [1.29, 1.82) is 0 Å². The second-order valence-corrected chi connectivity index (χ2v) is 24.3. The Bertz CT molecular complexity index is 4700. The van der Waals surface area contributed by atoms with E-state index in [4.69, 9.17) is 8.83 Å². The molecule has 0 N–H and O–H groups in total. The molecule has 0 saturated heterocycles. The molecule has 0 saturated carbocycles. The molecular formula is C77H54O2. The van der Waals surface area contributed by atoms with Crippen molar-refractivity contribution >= 4 is 65.4 Å². The van der Waals surface area contributed by atoms with Gasteiger partial charge in [0.15, 0.2) is 0 Å². The van der Waals surface area contributed by atoms with Gasteiger partial charge in [0.25, 0.3) is 0 Å². The molecule has 374 valence electrons. The smallest absolute Gasteiger partial charge is 0.136 e. The highest BCUT2D eigenvalue weighted by Gasteiger charge is 2.45. The van der Waals surface area contributed by atoms with Gasteiger partial charge in [0, 0.05) is 37.8 Å². The second kappa shape index (κ2) is 15.5. The van der Waals surface area contributed by atoms with Crippen molar-refractivity contribution in [1.82, 2.24) is 0 Å². The van der Waals surface area contributed by atoms with Crippen LogP contribution in [0.25, 0.3) is 143 Å². The maximum Gasteiger partial charge on any atom is 0.136 e. The largest absolute Gasteiger partial charge is 0.456 e. The first-order chi connectivity index (χ1) is 38.4. The van der Waals surface area contributed by atoms with Crippen molar-refractivity contribution in [3.05, 3.63) is 252 Å². The van der Waals surface area contributed by atoms with E-state index >= 15 is 0 Å². The van der Waals surface area contributed by atoms with Gasteiger partial charge in [-0.3, -0.25) is 0 Å². The quantitative estimate of drug-likeness (QED) is 0.176. The average Bonchev–Trinajstić information content (AvgIpc) is 3.83. The number of hydrogen-bond acceptors (Lipinski definition) is 2. The molecule has 0 fully saturated rings. The summed E-state index contributed by atoms with van der Waals surface area (Å²) in [6.45, 7) is 14.7. The van der Waals surface area contributed by atoms with Crippen molar-refractivity contribution in [3.63, 3.8) is 0 Å². The Labute approximate surface area is 459 Å². The summed E-state index contributed by atoms with van der Waals surface area (Å²) in [6.07, 6.45) is 0. The van der Waals surface area contributed by atoms with E-state index in [1.165, 1.54) is 144 Å². The SMILES string of the molecule is CC1(C)c2cc3c(cc2-c2cc4c(cc21)-c1c(cc(-c2ccc(-c5cccc6oc7ccccc7c56)cc2)c2ccccc12)C4(C)C)C(C)(C)c1cc(-c2ccc(-c4cccc5oc6ccccc6c45)cc2)c2ccccc2c1-3. The molecule has 3 aliphatic carbocycles. The van der Waals surface area contributed by atoms with Crippen molar-refractivity contribution in [2.24, 2.45) is 0 Å². The number of benzene rings is 12. The van der Waals surface area contributed by atoms with Crippen molar-refractivity contribution in [3.8, 4) is 77.9 Å². The third-order valence-corrected chi connectivity index (χ3v) is 19.1. The number of hydrogen-bond donors (Lipinski definition) is 0. The number of fused-ring (bicyclic) bond motifs is 19. The molecule has 0 bridgehead atoms. The molecular weight excluding hydrogens is 957 g/mol. The van der Waals surface area contributed by atoms with Crippen LogP contribution >= 0.6 is 0 Å². The lowest BCUT2D eigenvalue weighted by atomic mass is 9.78. The van der Waals surface area contributed by atoms with Crippen LogP contribution in [0.2, 0.25) is 0 Å². The fraction of sp³-hybridized carbons (Fsp3) is 0.117. The highest BCUT2D eigenvalue weighted by Crippen LogP contribution is 2.62. The first-order valence-corrected chi connectivity index (χ1v) is 28.0. The number of para-hydroxylation sites is 2. The first kappa shape index (κ1) is 44.8. The van der Waals surface area contributed by atoms with Crippen molar-refractivity contribution in [2.45, 2.75) is 57.8 Å². The van der Waals surface area contributed by atoms with Crippen LogP contribution in [0.5, 0.6) is 0 Å². The molecule has 0 amide bonds. The van der Waals surface area contributed by atoms with E-state index < -0.39 is 0 Å². The molecule has 3 aliphatic rings. The van der Waals surface area contributed by atoms with E-state index in [-0.39, 0.29) is 16.2 Å². The predicted octanol–water partition coefficient (Wildman–Crippen LogP) is 21.4. The molecule has 0 unspecified atom stereocenters. The fourth-order valence-electron chi connectivity index (χ4n) is 15.0. The van der Waals surface area contributed by atoms with E-state index in [0.29, 0.717) is 0 Å². The molecule has 2 heteroatoms. The van der Waals surface area contributed by atoms with Crippen LogP contribution in [0, 0.1) is 0 Å². The summed E-state index contributed by atoms with van der Waals surface area (Å²) in [6, 6.07) is 81.6. The van der Waals surface area contributed by atoms with Gasteiger partial charge in [-0.1, -0.05) is 199 Å². The van der Waals surface area contributed by atoms with Crippen LogP contribution in [0.15, 0.2) is 227 Å². The molecule has 2 nitrogen and oxygen atoms in total. The lowest BCUT2D eigenvalue weighted by Gasteiger charge is -2.25. The van der Waals surface area contributed by atoms with Gasteiger partial charge in [0.1, 0.15) is 22.3 Å². The molecule has 14 aromatic rings. The normalized spacial score (nSPS) is 15.0. The van der Waals surface area contributed by atoms with Crippen LogP contribution in [-0.4, -0.2) is 0 Å².